The monoisotopic (exact) mass is 288 g/mol. The van der Waals surface area contributed by atoms with E-state index < -0.39 is 34.9 Å². The van der Waals surface area contributed by atoms with Crippen molar-refractivity contribution in [1.82, 2.24) is 0 Å². The summed E-state index contributed by atoms with van der Waals surface area (Å²) in [6, 6.07) is 0. The Bertz CT molecular complexity index is 287. The van der Waals surface area contributed by atoms with Crippen LogP contribution in [0.4, 0.5) is 0 Å². The van der Waals surface area contributed by atoms with E-state index >= 15 is 0 Å². The molecule has 0 fully saturated rings. The summed E-state index contributed by atoms with van der Waals surface area (Å²) in [5.74, 6) is -2.85. The van der Waals surface area contributed by atoms with E-state index in [2.05, 4.69) is 0 Å². The molecule has 0 radical (unpaired) electrons. The number of hydrogen-bond donors (Lipinski definition) is 5. The van der Waals surface area contributed by atoms with Gasteiger partial charge in [-0.05, 0) is 0 Å². The Kier molecular flexibility index (Phi) is 11.3. The molecular formula is C4H8FeO9S. The fourth-order valence-corrected chi connectivity index (χ4v) is 0.253. The van der Waals surface area contributed by atoms with Crippen LogP contribution in [0.3, 0.4) is 0 Å². The normalized spacial score (nSPS) is 11.4. The Morgan fingerprint density at radius 3 is 1.47 bits per heavy atom. The van der Waals surface area contributed by atoms with E-state index in [9.17, 15) is 9.59 Å². The van der Waals surface area contributed by atoms with Gasteiger partial charge in [0.05, 0.1) is 6.42 Å². The van der Waals surface area contributed by atoms with Gasteiger partial charge in [-0.15, -0.1) is 0 Å². The molecule has 0 saturated heterocycles. The molecule has 0 spiro atoms. The van der Waals surface area contributed by atoms with Crippen molar-refractivity contribution in [3.05, 3.63) is 0 Å². The molecule has 0 aliphatic heterocycles. The van der Waals surface area contributed by atoms with Crippen LogP contribution in [-0.4, -0.2) is 50.9 Å². The molecule has 0 aromatic carbocycles. The van der Waals surface area contributed by atoms with Crippen molar-refractivity contribution in [2.75, 3.05) is 0 Å². The van der Waals surface area contributed by atoms with Crippen molar-refractivity contribution in [3.63, 3.8) is 0 Å². The van der Waals surface area contributed by atoms with E-state index in [0.717, 1.165) is 0 Å². The maximum absolute atomic E-state index is 9.72. The fourth-order valence-electron chi connectivity index (χ4n) is 0.253. The number of hydrogen-bond acceptors (Lipinski definition) is 5. The zero-order chi connectivity index (χ0) is 11.9. The van der Waals surface area contributed by atoms with Gasteiger partial charge in [-0.1, -0.05) is 0 Å². The van der Waals surface area contributed by atoms with Crippen LogP contribution in [0.5, 0.6) is 0 Å². The summed E-state index contributed by atoms with van der Waals surface area (Å²) >= 11 is 0. The fraction of sp³-hybridized carbons (Fsp3) is 0.500. The van der Waals surface area contributed by atoms with Crippen molar-refractivity contribution in [1.29, 1.82) is 0 Å². The Morgan fingerprint density at radius 2 is 1.40 bits per heavy atom. The van der Waals surface area contributed by atoms with Gasteiger partial charge in [0.2, 0.25) is 0 Å². The van der Waals surface area contributed by atoms with Gasteiger partial charge < -0.3 is 15.3 Å². The van der Waals surface area contributed by atoms with Gasteiger partial charge in [0.25, 0.3) is 0 Å². The van der Waals surface area contributed by atoms with Crippen LogP contribution in [-0.2, 0) is 37.1 Å². The molecule has 1 atom stereocenters. The molecule has 0 aliphatic rings. The quantitative estimate of drug-likeness (QED) is 0.298. The molecule has 0 aliphatic carbocycles. The summed E-state index contributed by atoms with van der Waals surface area (Å²) in [6.45, 7) is 0. The molecule has 0 heterocycles. The molecule has 0 aromatic rings. The average molecular weight is 288 g/mol. The minimum Gasteiger partial charge on any atom is -0.481 e. The number of rotatable bonds is 3. The molecular weight excluding hydrogens is 280 g/mol. The van der Waals surface area contributed by atoms with Crippen molar-refractivity contribution in [2.24, 2.45) is 0 Å². The predicted octanol–water partition coefficient (Wildman–Crippen LogP) is -1.75. The SMILES string of the molecule is O=C(O)CC(O)C(=O)O.O=S(=O)(O)O.[Fe]. The first-order valence-electron chi connectivity index (χ1n) is 2.86. The van der Waals surface area contributed by atoms with Gasteiger partial charge in [-0.3, -0.25) is 13.9 Å². The molecule has 5 N–H and O–H groups in total. The van der Waals surface area contributed by atoms with E-state index in [1.54, 1.807) is 0 Å². The van der Waals surface area contributed by atoms with E-state index in [1.807, 2.05) is 0 Å². The zero-order valence-corrected chi connectivity index (χ0v) is 8.84. The Balaban J connectivity index is -0.000000208. The number of carbonyl (C=O) groups is 2. The van der Waals surface area contributed by atoms with Crippen LogP contribution < -0.4 is 0 Å². The van der Waals surface area contributed by atoms with Crippen LogP contribution in [0.1, 0.15) is 6.42 Å². The van der Waals surface area contributed by atoms with Crippen molar-refractivity contribution >= 4 is 22.3 Å². The second-order valence-corrected chi connectivity index (χ2v) is 2.80. The number of aliphatic hydroxyl groups excluding tert-OH is 1. The second-order valence-electron chi connectivity index (χ2n) is 1.90. The smallest absolute Gasteiger partial charge is 0.394 e. The summed E-state index contributed by atoms with van der Waals surface area (Å²) in [7, 11) is -4.67. The van der Waals surface area contributed by atoms with Gasteiger partial charge in [0.1, 0.15) is 0 Å². The summed E-state index contributed by atoms with van der Waals surface area (Å²) in [6.07, 6.45) is -2.54. The maximum atomic E-state index is 9.72. The average Bonchev–Trinajstić information content (AvgIpc) is 1.80. The Labute approximate surface area is 94.8 Å². The molecule has 0 rings (SSSR count). The molecule has 92 valence electrons. The van der Waals surface area contributed by atoms with Gasteiger partial charge in [-0.2, -0.15) is 8.42 Å². The largest absolute Gasteiger partial charge is 0.481 e. The predicted molar refractivity (Wildman–Crippen MR) is 40.1 cm³/mol. The number of aliphatic hydroxyl groups is 1. The van der Waals surface area contributed by atoms with E-state index in [4.69, 9.17) is 32.8 Å². The number of carboxylic acid groups (broad SMARTS) is 2. The van der Waals surface area contributed by atoms with E-state index in [1.165, 1.54) is 0 Å². The Hall–Kier alpha value is -0.711. The van der Waals surface area contributed by atoms with Crippen LogP contribution in [0.15, 0.2) is 0 Å². The molecule has 15 heavy (non-hydrogen) atoms. The van der Waals surface area contributed by atoms with Crippen LogP contribution in [0.25, 0.3) is 0 Å². The molecule has 0 amide bonds. The first-order chi connectivity index (χ1) is 6.04. The first-order valence-corrected chi connectivity index (χ1v) is 4.26. The van der Waals surface area contributed by atoms with Crippen LogP contribution >= 0.6 is 0 Å². The summed E-state index contributed by atoms with van der Waals surface area (Å²) in [5, 5.41) is 24.1. The Morgan fingerprint density at radius 1 is 1.13 bits per heavy atom. The topological polar surface area (TPSA) is 169 Å². The maximum Gasteiger partial charge on any atom is 0.394 e. The molecule has 9 nitrogen and oxygen atoms in total. The summed E-state index contributed by atoms with van der Waals surface area (Å²) in [5.41, 5.74) is 0. The van der Waals surface area contributed by atoms with E-state index in [-0.39, 0.29) is 17.1 Å². The minimum atomic E-state index is -4.67. The van der Waals surface area contributed by atoms with Crippen LogP contribution in [0.2, 0.25) is 0 Å². The van der Waals surface area contributed by atoms with Crippen molar-refractivity contribution in [2.45, 2.75) is 12.5 Å². The molecule has 0 saturated carbocycles. The molecule has 11 heteroatoms. The van der Waals surface area contributed by atoms with Gasteiger partial charge >= 0.3 is 22.3 Å². The second kappa shape index (κ2) is 8.59. The van der Waals surface area contributed by atoms with Crippen molar-refractivity contribution < 1.29 is 59.5 Å². The van der Waals surface area contributed by atoms with E-state index in [0.29, 0.717) is 0 Å². The van der Waals surface area contributed by atoms with Gasteiger partial charge in [-0.25, -0.2) is 4.79 Å². The summed E-state index contributed by atoms with van der Waals surface area (Å²) < 4.78 is 31.6. The van der Waals surface area contributed by atoms with Crippen molar-refractivity contribution in [3.8, 4) is 0 Å². The summed E-state index contributed by atoms with van der Waals surface area (Å²) in [4.78, 5) is 19.4. The van der Waals surface area contributed by atoms with Gasteiger partial charge in [0, 0.05) is 17.1 Å². The first kappa shape index (κ1) is 19.8. The third-order valence-electron chi connectivity index (χ3n) is 0.653. The van der Waals surface area contributed by atoms with Gasteiger partial charge in [0.15, 0.2) is 6.10 Å². The zero-order valence-electron chi connectivity index (χ0n) is 6.92. The molecule has 0 aromatic heterocycles. The standard InChI is InChI=1S/C4H6O5.Fe.H2O4S/c5-2(4(8)9)1-3(6)7;;1-5(2,3)4/h2,5H,1H2,(H,6,7)(H,8,9);;(H2,1,2,3,4). The minimum absolute atomic E-state index is 0. The molecule has 0 bridgehead atoms. The number of aliphatic carboxylic acids is 2. The number of carboxylic acids is 2. The third-order valence-corrected chi connectivity index (χ3v) is 0.653. The third kappa shape index (κ3) is 31.9. The molecule has 1 unspecified atom stereocenters. The van der Waals surface area contributed by atoms with Crippen LogP contribution in [0, 0.1) is 0 Å².